The number of nitro groups is 1. The van der Waals surface area contributed by atoms with Crippen LogP contribution >= 0.6 is 11.3 Å². The zero-order valence-corrected chi connectivity index (χ0v) is 20.2. The molecule has 1 saturated heterocycles. The molecule has 0 bridgehead atoms. The smallest absolute Gasteiger partial charge is 0.269 e. The molecule has 1 aromatic heterocycles. The van der Waals surface area contributed by atoms with Crippen LogP contribution in [0.2, 0.25) is 0 Å². The van der Waals surface area contributed by atoms with Gasteiger partial charge in [-0.3, -0.25) is 19.8 Å². The fourth-order valence-electron chi connectivity index (χ4n) is 3.94. The number of nitro benzene ring substituents is 1. The number of carbonyl (C=O) groups excluding carboxylic acids is 1. The number of benzene rings is 2. The second kappa shape index (κ2) is 11.3. The zero-order valence-electron chi connectivity index (χ0n) is 19.3. The summed E-state index contributed by atoms with van der Waals surface area (Å²) < 4.78 is 5.14. The molecule has 35 heavy (non-hydrogen) atoms. The van der Waals surface area contributed by atoms with E-state index in [0.717, 1.165) is 37.3 Å². The summed E-state index contributed by atoms with van der Waals surface area (Å²) in [5.74, 6) is 0.337. The van der Waals surface area contributed by atoms with Gasteiger partial charge in [-0.25, -0.2) is 4.98 Å². The van der Waals surface area contributed by atoms with E-state index >= 15 is 0 Å². The summed E-state index contributed by atoms with van der Waals surface area (Å²) in [5.41, 5.74) is 2.53. The van der Waals surface area contributed by atoms with Gasteiger partial charge in [-0.2, -0.15) is 0 Å². The van der Waals surface area contributed by atoms with Gasteiger partial charge in [0.1, 0.15) is 0 Å². The van der Waals surface area contributed by atoms with Crippen LogP contribution in [-0.4, -0.2) is 70.6 Å². The maximum Gasteiger partial charge on any atom is 0.269 e. The summed E-state index contributed by atoms with van der Waals surface area (Å²) in [4.78, 5) is 32.0. The molecule has 2 aromatic carbocycles. The van der Waals surface area contributed by atoms with Crippen molar-refractivity contribution in [2.45, 2.75) is 13.0 Å². The van der Waals surface area contributed by atoms with Crippen molar-refractivity contribution in [3.05, 3.63) is 63.5 Å². The Balaban J connectivity index is 1.21. The highest BCUT2D eigenvalue weighted by atomic mass is 32.1. The number of methoxy groups -OCH3 is 1. The Morgan fingerprint density at radius 1 is 1.20 bits per heavy atom. The van der Waals surface area contributed by atoms with E-state index in [1.165, 1.54) is 24.5 Å². The van der Waals surface area contributed by atoms with Crippen molar-refractivity contribution in [1.82, 2.24) is 14.8 Å². The lowest BCUT2D eigenvalue weighted by molar-refractivity contribution is -0.384. The average molecular weight is 498 g/mol. The number of amides is 1. The molecule has 0 spiro atoms. The molecule has 3 aromatic rings. The molecule has 1 aliphatic rings. The summed E-state index contributed by atoms with van der Waals surface area (Å²) >= 11 is 1.35. The largest absolute Gasteiger partial charge is 0.504 e. The fraction of sp³-hybridized carbons (Fsp3) is 0.333. The molecule has 0 unspecified atom stereocenters. The molecule has 2 N–H and O–H groups in total. The summed E-state index contributed by atoms with van der Waals surface area (Å²) in [5, 5.41) is 26.0. The third kappa shape index (κ3) is 6.53. The average Bonchev–Trinajstić information content (AvgIpc) is 3.32. The quantitative estimate of drug-likeness (QED) is 0.340. The van der Waals surface area contributed by atoms with Crippen LogP contribution < -0.4 is 10.1 Å². The lowest BCUT2D eigenvalue weighted by Crippen LogP contribution is -2.46. The van der Waals surface area contributed by atoms with Crippen LogP contribution in [0.15, 0.2) is 47.8 Å². The van der Waals surface area contributed by atoms with Gasteiger partial charge in [0.25, 0.3) is 5.69 Å². The number of phenols is 1. The number of ether oxygens (including phenoxy) is 1. The number of non-ortho nitro benzene ring substituents is 1. The van der Waals surface area contributed by atoms with Gasteiger partial charge in [-0.1, -0.05) is 12.1 Å². The van der Waals surface area contributed by atoms with Gasteiger partial charge in [0, 0.05) is 68.8 Å². The number of rotatable bonds is 9. The van der Waals surface area contributed by atoms with E-state index in [9.17, 15) is 20.0 Å². The molecule has 4 rings (SSSR count). The molecule has 2 heterocycles. The van der Waals surface area contributed by atoms with E-state index < -0.39 is 0 Å². The first-order chi connectivity index (χ1) is 16.9. The van der Waals surface area contributed by atoms with Crippen molar-refractivity contribution in [3.8, 4) is 22.8 Å². The van der Waals surface area contributed by atoms with Gasteiger partial charge in [0.2, 0.25) is 5.91 Å². The molecule has 184 valence electrons. The lowest BCUT2D eigenvalue weighted by atomic mass is 10.1. The van der Waals surface area contributed by atoms with Crippen LogP contribution in [0.1, 0.15) is 12.0 Å². The molecule has 0 radical (unpaired) electrons. The predicted octanol–water partition coefficient (Wildman–Crippen LogP) is 3.58. The van der Waals surface area contributed by atoms with Crippen LogP contribution in [0.25, 0.3) is 11.3 Å². The number of nitrogens with zero attached hydrogens (tertiary/aromatic N) is 4. The summed E-state index contributed by atoms with van der Waals surface area (Å²) in [6.45, 7) is 4.70. The van der Waals surface area contributed by atoms with Crippen molar-refractivity contribution in [2.75, 3.05) is 45.2 Å². The Hall–Kier alpha value is -3.54. The highest BCUT2D eigenvalue weighted by molar-refractivity contribution is 7.14. The van der Waals surface area contributed by atoms with Gasteiger partial charge >= 0.3 is 0 Å². The van der Waals surface area contributed by atoms with Crippen molar-refractivity contribution >= 4 is 28.1 Å². The molecular weight excluding hydrogens is 470 g/mol. The van der Waals surface area contributed by atoms with Crippen LogP contribution in [0.4, 0.5) is 10.8 Å². The third-order valence-corrected chi connectivity index (χ3v) is 6.63. The van der Waals surface area contributed by atoms with E-state index in [1.54, 1.807) is 30.3 Å². The number of hydrogen-bond donors (Lipinski definition) is 2. The first-order valence-corrected chi connectivity index (χ1v) is 12.1. The van der Waals surface area contributed by atoms with Gasteiger partial charge in [0.15, 0.2) is 16.6 Å². The number of nitrogens with one attached hydrogen (secondary N) is 1. The number of anilines is 1. The minimum Gasteiger partial charge on any atom is -0.504 e. The highest BCUT2D eigenvalue weighted by Gasteiger charge is 2.19. The molecule has 1 aliphatic heterocycles. The summed E-state index contributed by atoms with van der Waals surface area (Å²) in [7, 11) is 1.49. The molecule has 0 atom stereocenters. The second-order valence-electron chi connectivity index (χ2n) is 8.27. The maximum atomic E-state index is 12.4. The number of piperazine rings is 1. The van der Waals surface area contributed by atoms with E-state index in [2.05, 4.69) is 20.1 Å². The van der Waals surface area contributed by atoms with E-state index in [4.69, 9.17) is 4.74 Å². The maximum absolute atomic E-state index is 12.4. The topological polar surface area (TPSA) is 121 Å². The first-order valence-electron chi connectivity index (χ1n) is 11.2. The van der Waals surface area contributed by atoms with Crippen LogP contribution in [0.5, 0.6) is 11.5 Å². The number of aromatic nitrogens is 1. The monoisotopic (exact) mass is 497 g/mol. The lowest BCUT2D eigenvalue weighted by Gasteiger charge is -2.34. The zero-order chi connectivity index (χ0) is 24.8. The number of hydrogen-bond acceptors (Lipinski definition) is 9. The van der Waals surface area contributed by atoms with Gasteiger partial charge in [-0.15, -0.1) is 11.3 Å². The minimum atomic E-state index is -0.372. The van der Waals surface area contributed by atoms with Crippen molar-refractivity contribution in [1.29, 1.82) is 0 Å². The van der Waals surface area contributed by atoms with Gasteiger partial charge in [0.05, 0.1) is 17.7 Å². The molecule has 0 saturated carbocycles. The first kappa shape index (κ1) is 24.6. The number of aromatic hydroxyl groups is 1. The number of thiazole rings is 1. The molecule has 0 aliphatic carbocycles. The SMILES string of the molecule is COc1cc(-c2csc(NC(=O)CCN3CCN(Cc4cccc([N+](=O)[O-])c4)CC3)n2)ccc1O. The van der Waals surface area contributed by atoms with E-state index in [1.807, 2.05) is 11.4 Å². The Morgan fingerprint density at radius 2 is 1.97 bits per heavy atom. The Morgan fingerprint density at radius 3 is 2.71 bits per heavy atom. The molecular formula is C24H27N5O5S. The van der Waals surface area contributed by atoms with Crippen LogP contribution in [-0.2, 0) is 11.3 Å². The Kier molecular flexibility index (Phi) is 7.91. The number of phenolic OH excluding ortho intramolecular Hbond substituents is 1. The van der Waals surface area contributed by atoms with Crippen LogP contribution in [0, 0.1) is 10.1 Å². The van der Waals surface area contributed by atoms with E-state index in [0.29, 0.717) is 36.1 Å². The minimum absolute atomic E-state index is 0.0601. The summed E-state index contributed by atoms with van der Waals surface area (Å²) in [6, 6.07) is 11.8. The predicted molar refractivity (Wildman–Crippen MR) is 134 cm³/mol. The van der Waals surface area contributed by atoms with Crippen molar-refractivity contribution < 1.29 is 19.6 Å². The van der Waals surface area contributed by atoms with Crippen LogP contribution in [0.3, 0.4) is 0 Å². The molecule has 1 amide bonds. The molecule has 10 nitrogen and oxygen atoms in total. The van der Waals surface area contributed by atoms with Crippen molar-refractivity contribution in [2.24, 2.45) is 0 Å². The number of carbonyl (C=O) groups is 1. The van der Waals surface area contributed by atoms with E-state index in [-0.39, 0.29) is 22.3 Å². The Bertz CT molecular complexity index is 1190. The molecule has 1 fully saturated rings. The highest BCUT2D eigenvalue weighted by Crippen LogP contribution is 2.32. The molecule has 11 heteroatoms. The standard InChI is InChI=1S/C24H27N5O5S/c1-34-22-14-18(5-6-21(22)30)20-16-35-24(25-20)26-23(31)7-8-27-9-11-28(12-10-27)15-17-3-2-4-19(13-17)29(32)33/h2-6,13-14,16,30H,7-12,15H2,1H3,(H,25,26,31). The fourth-order valence-corrected chi connectivity index (χ4v) is 4.68. The van der Waals surface area contributed by atoms with Gasteiger partial charge in [-0.05, 0) is 23.8 Å². The summed E-state index contributed by atoms with van der Waals surface area (Å²) in [6.07, 6.45) is 0.368. The third-order valence-electron chi connectivity index (χ3n) is 5.87. The van der Waals surface area contributed by atoms with Gasteiger partial charge < -0.3 is 20.1 Å². The van der Waals surface area contributed by atoms with Crippen molar-refractivity contribution in [3.63, 3.8) is 0 Å². The normalized spacial score (nSPS) is 14.5. The second-order valence-corrected chi connectivity index (χ2v) is 9.13. The Labute approximate surface area is 206 Å².